The van der Waals surface area contributed by atoms with Crippen LogP contribution >= 0.6 is 0 Å². The summed E-state index contributed by atoms with van der Waals surface area (Å²) in [5, 5.41) is 0. The summed E-state index contributed by atoms with van der Waals surface area (Å²) < 4.78 is 4.88. The van der Waals surface area contributed by atoms with Crippen molar-refractivity contribution in [2.75, 3.05) is 7.11 Å². The van der Waals surface area contributed by atoms with E-state index >= 15 is 0 Å². The van der Waals surface area contributed by atoms with Gasteiger partial charge >= 0.3 is 0 Å². The quantitative estimate of drug-likeness (QED) is 0.745. The van der Waals surface area contributed by atoms with Crippen LogP contribution in [0.15, 0.2) is 12.3 Å². The molecule has 0 unspecified atom stereocenters. The van der Waals surface area contributed by atoms with Crippen LogP contribution < -0.4 is 10.5 Å². The summed E-state index contributed by atoms with van der Waals surface area (Å²) in [6.45, 7) is 1.86. The van der Waals surface area contributed by atoms with Crippen LogP contribution in [0.4, 0.5) is 0 Å². The fourth-order valence-corrected chi connectivity index (χ4v) is 0.965. The van der Waals surface area contributed by atoms with Crippen molar-refractivity contribution in [3.8, 4) is 5.88 Å². The average molecular weight is 179 g/mol. The number of methoxy groups -OCH3 is 1. The monoisotopic (exact) mass is 179 g/mol. The maximum absolute atomic E-state index is 10.9. The molecule has 13 heavy (non-hydrogen) atoms. The number of nitrogens with zero attached hydrogens (tertiary/aromatic N) is 1. The van der Waals surface area contributed by atoms with Gasteiger partial charge in [-0.3, -0.25) is 4.79 Å². The van der Waals surface area contributed by atoms with E-state index in [1.54, 1.807) is 12.3 Å². The molecule has 4 nitrogen and oxygen atoms in total. The third kappa shape index (κ3) is 1.96. The first kappa shape index (κ1) is 9.51. The van der Waals surface area contributed by atoms with E-state index in [0.717, 1.165) is 5.56 Å². The second-order valence-corrected chi connectivity index (χ2v) is 2.48. The molecule has 0 atom stereocenters. The van der Waals surface area contributed by atoms with Crippen LogP contribution in [-0.4, -0.2) is 18.0 Å². The van der Waals surface area contributed by atoms with E-state index in [1.807, 2.05) is 13.3 Å². The number of pyridine rings is 1. The number of aromatic nitrogens is 1. The van der Waals surface area contributed by atoms with Crippen molar-refractivity contribution in [1.82, 2.24) is 4.98 Å². The lowest BCUT2D eigenvalue weighted by Gasteiger charge is -2.05. The predicted octanol–water partition coefficient (Wildman–Crippen LogP) is 0.761. The molecule has 2 N–H and O–H groups in total. The van der Waals surface area contributed by atoms with E-state index < -0.39 is 5.91 Å². The molecule has 0 fully saturated rings. The van der Waals surface area contributed by atoms with E-state index in [-0.39, 0.29) is 5.88 Å². The largest absolute Gasteiger partial charge is 0.480 e. The number of rotatable bonds is 3. The molecule has 0 aliphatic carbocycles. The van der Waals surface area contributed by atoms with Gasteiger partial charge in [0, 0.05) is 6.20 Å². The maximum atomic E-state index is 10.9. The van der Waals surface area contributed by atoms with Gasteiger partial charge in [-0.2, -0.15) is 0 Å². The Bertz CT molecular complexity index is 323. The van der Waals surface area contributed by atoms with Gasteiger partial charge in [-0.25, -0.2) is 4.98 Å². The van der Waals surface area contributed by atoms with Gasteiger partial charge in [0.15, 0.2) is 0 Å². The SMILES string of the molecule is C[CH]c1cnc(OC)c(C(N)=O)c1. The van der Waals surface area contributed by atoms with Crippen LogP contribution in [0, 0.1) is 6.42 Å². The Balaban J connectivity index is 3.18. The van der Waals surface area contributed by atoms with Gasteiger partial charge in [0.2, 0.25) is 5.88 Å². The van der Waals surface area contributed by atoms with Crippen LogP contribution in [-0.2, 0) is 0 Å². The Morgan fingerprint density at radius 1 is 1.69 bits per heavy atom. The maximum Gasteiger partial charge on any atom is 0.254 e. The predicted molar refractivity (Wildman–Crippen MR) is 48.4 cm³/mol. The van der Waals surface area contributed by atoms with Crippen LogP contribution in [0.1, 0.15) is 22.8 Å². The second-order valence-electron chi connectivity index (χ2n) is 2.48. The average Bonchev–Trinajstić information content (AvgIpc) is 2.16. The standard InChI is InChI=1S/C9H11N2O2/c1-3-6-4-7(8(10)12)9(13-2)11-5-6/h3-5H,1-2H3,(H2,10,12). The molecular formula is C9H11N2O2. The highest BCUT2D eigenvalue weighted by Gasteiger charge is 2.10. The van der Waals surface area contributed by atoms with E-state index in [1.165, 1.54) is 7.11 Å². The van der Waals surface area contributed by atoms with E-state index in [4.69, 9.17) is 10.5 Å². The van der Waals surface area contributed by atoms with Crippen molar-refractivity contribution >= 4 is 5.91 Å². The molecule has 0 saturated heterocycles. The molecule has 4 heteroatoms. The topological polar surface area (TPSA) is 65.2 Å². The molecule has 1 heterocycles. The van der Waals surface area contributed by atoms with Gasteiger partial charge in [-0.1, -0.05) is 6.92 Å². The summed E-state index contributed by atoms with van der Waals surface area (Å²) >= 11 is 0. The molecule has 0 aliphatic rings. The molecule has 1 aromatic rings. The lowest BCUT2D eigenvalue weighted by atomic mass is 10.1. The highest BCUT2D eigenvalue weighted by atomic mass is 16.5. The number of ether oxygens (including phenoxy) is 1. The molecule has 0 saturated carbocycles. The fraction of sp³-hybridized carbons (Fsp3) is 0.222. The zero-order valence-electron chi connectivity index (χ0n) is 7.57. The van der Waals surface area contributed by atoms with E-state index in [0.29, 0.717) is 5.56 Å². The molecule has 1 amide bonds. The van der Waals surface area contributed by atoms with Crippen LogP contribution in [0.3, 0.4) is 0 Å². The summed E-state index contributed by atoms with van der Waals surface area (Å²) in [5.41, 5.74) is 6.29. The van der Waals surface area contributed by atoms with Crippen molar-refractivity contribution in [3.05, 3.63) is 29.8 Å². The molecule has 1 rings (SSSR count). The molecular weight excluding hydrogens is 168 g/mol. The molecule has 0 aliphatic heterocycles. The highest BCUT2D eigenvalue weighted by Crippen LogP contribution is 2.16. The van der Waals surface area contributed by atoms with Crippen molar-refractivity contribution < 1.29 is 9.53 Å². The number of hydrogen-bond acceptors (Lipinski definition) is 3. The third-order valence-corrected chi connectivity index (χ3v) is 1.66. The van der Waals surface area contributed by atoms with Crippen LogP contribution in [0.25, 0.3) is 0 Å². The summed E-state index contributed by atoms with van der Waals surface area (Å²) in [4.78, 5) is 14.9. The highest BCUT2D eigenvalue weighted by molar-refractivity contribution is 5.95. The number of hydrogen-bond donors (Lipinski definition) is 1. The number of amides is 1. The van der Waals surface area contributed by atoms with Gasteiger partial charge < -0.3 is 10.5 Å². The molecule has 0 spiro atoms. The first-order valence-electron chi connectivity index (χ1n) is 3.82. The number of primary amides is 1. The van der Waals surface area contributed by atoms with Crippen molar-refractivity contribution in [3.63, 3.8) is 0 Å². The molecule has 0 aromatic carbocycles. The zero-order chi connectivity index (χ0) is 9.84. The van der Waals surface area contributed by atoms with Gasteiger partial charge in [0.05, 0.1) is 7.11 Å². The number of carbonyl (C=O) groups is 1. The Hall–Kier alpha value is -1.58. The second kappa shape index (κ2) is 3.89. The Morgan fingerprint density at radius 2 is 2.38 bits per heavy atom. The van der Waals surface area contributed by atoms with Gasteiger partial charge in [-0.15, -0.1) is 0 Å². The lowest BCUT2D eigenvalue weighted by Crippen LogP contribution is -2.13. The minimum atomic E-state index is -0.534. The minimum absolute atomic E-state index is 0.262. The Kier molecular flexibility index (Phi) is 2.84. The lowest BCUT2D eigenvalue weighted by molar-refractivity contribution is 0.0996. The molecule has 1 radical (unpaired) electrons. The molecule has 0 bridgehead atoms. The first-order valence-corrected chi connectivity index (χ1v) is 3.82. The number of nitrogens with two attached hydrogens (primary N) is 1. The summed E-state index contributed by atoms with van der Waals surface area (Å²) in [5.74, 6) is -0.272. The smallest absolute Gasteiger partial charge is 0.254 e. The van der Waals surface area contributed by atoms with Crippen LogP contribution in [0.2, 0.25) is 0 Å². The van der Waals surface area contributed by atoms with Crippen molar-refractivity contribution in [1.29, 1.82) is 0 Å². The van der Waals surface area contributed by atoms with Gasteiger partial charge in [0.25, 0.3) is 5.91 Å². The Labute approximate surface area is 76.7 Å². The van der Waals surface area contributed by atoms with Crippen LogP contribution in [0.5, 0.6) is 5.88 Å². The van der Waals surface area contributed by atoms with E-state index in [2.05, 4.69) is 4.98 Å². The molecule has 69 valence electrons. The van der Waals surface area contributed by atoms with E-state index in [9.17, 15) is 4.79 Å². The fourth-order valence-electron chi connectivity index (χ4n) is 0.965. The summed E-state index contributed by atoms with van der Waals surface area (Å²) in [6.07, 6.45) is 3.45. The van der Waals surface area contributed by atoms with Crippen molar-refractivity contribution in [2.24, 2.45) is 5.73 Å². The van der Waals surface area contributed by atoms with Crippen molar-refractivity contribution in [2.45, 2.75) is 6.92 Å². The first-order chi connectivity index (χ1) is 6.19. The van der Waals surface area contributed by atoms with Gasteiger partial charge in [-0.05, 0) is 18.1 Å². The summed E-state index contributed by atoms with van der Waals surface area (Å²) in [6, 6.07) is 1.65. The Morgan fingerprint density at radius 3 is 2.85 bits per heavy atom. The minimum Gasteiger partial charge on any atom is -0.480 e. The number of carbonyl (C=O) groups excluding carboxylic acids is 1. The summed E-state index contributed by atoms with van der Waals surface area (Å²) in [7, 11) is 1.45. The third-order valence-electron chi connectivity index (χ3n) is 1.66. The normalized spacial score (nSPS) is 9.69. The molecule has 1 aromatic heterocycles. The zero-order valence-corrected chi connectivity index (χ0v) is 7.57. The van der Waals surface area contributed by atoms with Gasteiger partial charge in [0.1, 0.15) is 5.56 Å².